The molecular weight excluding hydrogens is 316 g/mol. The van der Waals surface area contributed by atoms with E-state index < -0.39 is 16.1 Å². The molecule has 0 radical (unpaired) electrons. The minimum absolute atomic E-state index is 0.156. The van der Waals surface area contributed by atoms with Crippen LogP contribution in [-0.2, 0) is 10.1 Å². The van der Waals surface area contributed by atoms with Crippen LogP contribution >= 0.6 is 0 Å². The first-order chi connectivity index (χ1) is 11.0. The summed E-state index contributed by atoms with van der Waals surface area (Å²) in [4.78, 5) is 10.8. The van der Waals surface area contributed by atoms with E-state index in [-0.39, 0.29) is 16.2 Å². The maximum atomic E-state index is 12.5. The van der Waals surface area contributed by atoms with E-state index in [1.807, 2.05) is 18.2 Å². The molecule has 0 aromatic heterocycles. The van der Waals surface area contributed by atoms with E-state index in [0.717, 1.165) is 5.39 Å². The van der Waals surface area contributed by atoms with Gasteiger partial charge in [-0.05, 0) is 23.6 Å². The van der Waals surface area contributed by atoms with Gasteiger partial charge in [-0.2, -0.15) is 8.42 Å². The van der Waals surface area contributed by atoms with Gasteiger partial charge in [-0.15, -0.1) is 0 Å². The lowest BCUT2D eigenvalue weighted by atomic mass is 10.1. The fraction of sp³-hybridized carbons (Fsp3) is 0. The Morgan fingerprint density at radius 3 is 2.30 bits per heavy atom. The lowest BCUT2D eigenvalue weighted by molar-refractivity contribution is 0.0692. The van der Waals surface area contributed by atoms with Gasteiger partial charge in [-0.25, -0.2) is 4.79 Å². The average molecular weight is 328 g/mol. The summed E-state index contributed by atoms with van der Waals surface area (Å²) < 4.78 is 30.2. The Morgan fingerprint density at radius 2 is 1.52 bits per heavy atom. The molecule has 116 valence electrons. The molecule has 0 aliphatic carbocycles. The van der Waals surface area contributed by atoms with E-state index in [0.29, 0.717) is 5.39 Å². The van der Waals surface area contributed by atoms with E-state index in [9.17, 15) is 13.2 Å². The molecule has 3 aromatic carbocycles. The summed E-state index contributed by atoms with van der Waals surface area (Å²) in [6.45, 7) is 0. The van der Waals surface area contributed by atoms with Crippen LogP contribution in [0, 0.1) is 0 Å². The fourth-order valence-corrected chi connectivity index (χ4v) is 3.43. The summed E-state index contributed by atoms with van der Waals surface area (Å²) in [7, 11) is -4.26. The predicted molar refractivity (Wildman–Crippen MR) is 85.2 cm³/mol. The standard InChI is InChI=1S/C17H12O5S/c18-17(19)14-9-3-4-11-16(14)23(20,21)22-15-10-5-7-12-6-1-2-8-13(12)15/h1-11H,(H,18,19). The first-order valence-electron chi connectivity index (χ1n) is 6.73. The molecule has 5 nitrogen and oxygen atoms in total. The number of benzene rings is 3. The Hall–Kier alpha value is -2.86. The number of aromatic carboxylic acids is 1. The van der Waals surface area contributed by atoms with Crippen molar-refractivity contribution in [3.63, 3.8) is 0 Å². The van der Waals surface area contributed by atoms with Crippen LogP contribution in [0.3, 0.4) is 0 Å². The average Bonchev–Trinajstić information content (AvgIpc) is 2.55. The summed E-state index contributed by atoms with van der Waals surface area (Å²) in [5.41, 5.74) is -0.326. The van der Waals surface area contributed by atoms with E-state index in [1.54, 1.807) is 18.2 Å². The molecule has 0 spiro atoms. The van der Waals surface area contributed by atoms with Crippen molar-refractivity contribution in [1.29, 1.82) is 0 Å². The Balaban J connectivity index is 2.10. The van der Waals surface area contributed by atoms with Crippen LogP contribution in [0.15, 0.2) is 71.6 Å². The van der Waals surface area contributed by atoms with Crippen molar-refractivity contribution < 1.29 is 22.5 Å². The number of carboxylic acid groups (broad SMARTS) is 1. The van der Waals surface area contributed by atoms with Crippen LogP contribution < -0.4 is 4.18 Å². The van der Waals surface area contributed by atoms with Gasteiger partial charge in [-0.1, -0.05) is 48.5 Å². The van der Waals surface area contributed by atoms with Crippen LogP contribution in [0.1, 0.15) is 10.4 Å². The van der Waals surface area contributed by atoms with Gasteiger partial charge in [0.2, 0.25) is 0 Å². The Kier molecular flexibility index (Phi) is 3.75. The monoisotopic (exact) mass is 328 g/mol. The molecule has 6 heteroatoms. The molecule has 3 rings (SSSR count). The van der Waals surface area contributed by atoms with Crippen LogP contribution in [0.4, 0.5) is 0 Å². The van der Waals surface area contributed by atoms with E-state index in [1.165, 1.54) is 30.3 Å². The largest absolute Gasteiger partial charge is 0.478 e. The summed E-state index contributed by atoms with van der Waals surface area (Å²) in [6.07, 6.45) is 0. The number of carbonyl (C=O) groups is 1. The molecule has 3 aromatic rings. The molecule has 0 saturated carbocycles. The smallest absolute Gasteiger partial charge is 0.340 e. The molecule has 0 unspecified atom stereocenters. The Bertz CT molecular complexity index is 987. The van der Waals surface area contributed by atoms with Crippen molar-refractivity contribution >= 4 is 26.9 Å². The number of carboxylic acids is 1. The molecule has 0 amide bonds. The van der Waals surface area contributed by atoms with Crippen molar-refractivity contribution in [2.75, 3.05) is 0 Å². The van der Waals surface area contributed by atoms with Gasteiger partial charge < -0.3 is 9.29 Å². The maximum Gasteiger partial charge on any atom is 0.340 e. The van der Waals surface area contributed by atoms with Crippen LogP contribution in [-0.4, -0.2) is 19.5 Å². The SMILES string of the molecule is O=C(O)c1ccccc1S(=O)(=O)Oc1cccc2ccccc12. The summed E-state index contributed by atoms with van der Waals surface area (Å²) in [6, 6.07) is 17.6. The van der Waals surface area contributed by atoms with Crippen LogP contribution in [0.2, 0.25) is 0 Å². The third-order valence-electron chi connectivity index (χ3n) is 3.34. The van der Waals surface area contributed by atoms with Gasteiger partial charge in [0.15, 0.2) is 5.75 Å². The highest BCUT2D eigenvalue weighted by Gasteiger charge is 2.24. The number of fused-ring (bicyclic) bond motifs is 1. The number of hydrogen-bond acceptors (Lipinski definition) is 4. The van der Waals surface area contributed by atoms with E-state index >= 15 is 0 Å². The van der Waals surface area contributed by atoms with Crippen molar-refractivity contribution in [2.24, 2.45) is 0 Å². The van der Waals surface area contributed by atoms with E-state index in [4.69, 9.17) is 9.29 Å². The van der Waals surface area contributed by atoms with Gasteiger partial charge in [0.05, 0.1) is 5.56 Å². The summed E-state index contributed by atoms with van der Waals surface area (Å²) >= 11 is 0. The van der Waals surface area contributed by atoms with Gasteiger partial charge in [0.1, 0.15) is 4.90 Å². The second kappa shape index (κ2) is 5.73. The lowest BCUT2D eigenvalue weighted by Gasteiger charge is -2.11. The summed E-state index contributed by atoms with van der Waals surface area (Å²) in [5, 5.41) is 10.6. The zero-order valence-electron chi connectivity index (χ0n) is 11.8. The quantitative estimate of drug-likeness (QED) is 0.743. The van der Waals surface area contributed by atoms with Crippen molar-refractivity contribution in [1.82, 2.24) is 0 Å². The van der Waals surface area contributed by atoms with Crippen molar-refractivity contribution in [3.8, 4) is 5.75 Å². The molecule has 0 fully saturated rings. The molecular formula is C17H12O5S. The fourth-order valence-electron chi connectivity index (χ4n) is 2.29. The third kappa shape index (κ3) is 2.89. The lowest BCUT2D eigenvalue weighted by Crippen LogP contribution is -2.14. The minimum atomic E-state index is -4.26. The normalized spacial score (nSPS) is 11.3. The Labute approximate surface area is 132 Å². The zero-order chi connectivity index (χ0) is 16.4. The van der Waals surface area contributed by atoms with Gasteiger partial charge in [-0.3, -0.25) is 0 Å². The van der Waals surface area contributed by atoms with Crippen molar-refractivity contribution in [2.45, 2.75) is 4.90 Å². The van der Waals surface area contributed by atoms with Gasteiger partial charge in [0.25, 0.3) is 0 Å². The molecule has 0 saturated heterocycles. The van der Waals surface area contributed by atoms with Crippen LogP contribution in [0.25, 0.3) is 10.8 Å². The first-order valence-corrected chi connectivity index (χ1v) is 8.14. The highest BCUT2D eigenvalue weighted by molar-refractivity contribution is 7.87. The predicted octanol–water partition coefficient (Wildman–Crippen LogP) is 3.31. The highest BCUT2D eigenvalue weighted by atomic mass is 32.2. The second-order valence-corrected chi connectivity index (χ2v) is 6.33. The molecule has 23 heavy (non-hydrogen) atoms. The molecule has 1 N–H and O–H groups in total. The molecule has 0 aliphatic heterocycles. The number of hydrogen-bond donors (Lipinski definition) is 1. The zero-order valence-corrected chi connectivity index (χ0v) is 12.7. The summed E-state index contributed by atoms with van der Waals surface area (Å²) in [5.74, 6) is -1.17. The maximum absolute atomic E-state index is 12.5. The van der Waals surface area contributed by atoms with Gasteiger partial charge >= 0.3 is 16.1 Å². The Morgan fingerprint density at radius 1 is 0.870 bits per heavy atom. The molecule has 0 atom stereocenters. The third-order valence-corrected chi connectivity index (χ3v) is 4.63. The molecule has 0 bridgehead atoms. The van der Waals surface area contributed by atoms with Crippen molar-refractivity contribution in [3.05, 3.63) is 72.3 Å². The number of rotatable bonds is 4. The topological polar surface area (TPSA) is 80.7 Å². The van der Waals surface area contributed by atoms with E-state index in [2.05, 4.69) is 0 Å². The molecule has 0 aliphatic rings. The van der Waals surface area contributed by atoms with Crippen LogP contribution in [0.5, 0.6) is 5.75 Å². The first kappa shape index (κ1) is 15.1. The minimum Gasteiger partial charge on any atom is -0.478 e. The van der Waals surface area contributed by atoms with Gasteiger partial charge in [0, 0.05) is 5.39 Å². The molecule has 0 heterocycles. The highest BCUT2D eigenvalue weighted by Crippen LogP contribution is 2.28. The second-order valence-electron chi connectivity index (χ2n) is 4.82.